The number of fused-ring (bicyclic) bond motifs is 1. The molecule has 7 heteroatoms. The first kappa shape index (κ1) is 22.2. The molecule has 1 aromatic heterocycles. The van der Waals surface area contributed by atoms with E-state index in [0.29, 0.717) is 4.68 Å². The summed E-state index contributed by atoms with van der Waals surface area (Å²) in [5.74, 6) is -1.14. The van der Waals surface area contributed by atoms with Crippen LogP contribution in [0.1, 0.15) is 75.5 Å². The maximum Gasteiger partial charge on any atom is 0.453 e. The third kappa shape index (κ3) is 4.08. The van der Waals surface area contributed by atoms with Crippen molar-refractivity contribution in [3.05, 3.63) is 70.5 Å². The third-order valence-electron chi connectivity index (χ3n) is 6.55. The van der Waals surface area contributed by atoms with Gasteiger partial charge >= 0.3 is 6.18 Å². The smallest absolute Gasteiger partial charge is 0.189 e. The quantitative estimate of drug-likeness (QED) is 0.432. The number of rotatable bonds is 3. The summed E-state index contributed by atoms with van der Waals surface area (Å²) in [5.41, 5.74) is 6.44. The van der Waals surface area contributed by atoms with Crippen molar-refractivity contribution in [3.8, 4) is 5.69 Å². The Balaban J connectivity index is 1.64. The number of aromatic nitrogens is 4. The molecule has 0 N–H and O–H groups in total. The minimum absolute atomic E-state index is 0.131. The van der Waals surface area contributed by atoms with Gasteiger partial charge in [-0.15, -0.1) is 5.10 Å². The Kier molecular flexibility index (Phi) is 5.26. The van der Waals surface area contributed by atoms with Gasteiger partial charge in [-0.2, -0.15) is 17.9 Å². The maximum absolute atomic E-state index is 13.1. The number of nitrogens with zero attached hydrogens (tertiary/aromatic N) is 4. The lowest BCUT2D eigenvalue weighted by atomic mass is 9.63. The molecule has 0 aliphatic heterocycles. The van der Waals surface area contributed by atoms with Crippen molar-refractivity contribution in [1.29, 1.82) is 0 Å². The van der Waals surface area contributed by atoms with Crippen molar-refractivity contribution >= 4 is 11.6 Å². The van der Waals surface area contributed by atoms with Crippen LogP contribution < -0.4 is 0 Å². The van der Waals surface area contributed by atoms with Gasteiger partial charge in [0.05, 0.1) is 5.69 Å². The molecule has 32 heavy (non-hydrogen) atoms. The summed E-state index contributed by atoms with van der Waals surface area (Å²) in [6.07, 6.45) is -0.180. The van der Waals surface area contributed by atoms with Gasteiger partial charge in [0.15, 0.2) is 0 Å². The van der Waals surface area contributed by atoms with Gasteiger partial charge < -0.3 is 0 Å². The summed E-state index contributed by atoms with van der Waals surface area (Å²) in [4.78, 5) is 0. The van der Waals surface area contributed by atoms with Crippen LogP contribution >= 0.6 is 0 Å². The molecule has 2 aromatic carbocycles. The van der Waals surface area contributed by atoms with E-state index >= 15 is 0 Å². The molecule has 0 spiro atoms. The summed E-state index contributed by atoms with van der Waals surface area (Å²) < 4.78 is 39.9. The molecule has 0 saturated heterocycles. The molecule has 0 atom stereocenters. The number of tetrazole rings is 1. The Hall–Kier alpha value is -2.96. The molecule has 0 fully saturated rings. The second-order valence-electron chi connectivity index (χ2n) is 9.86. The molecular weight excluding hydrogens is 413 g/mol. The van der Waals surface area contributed by atoms with Crippen LogP contribution in [0.25, 0.3) is 17.3 Å². The lowest BCUT2D eigenvalue weighted by Crippen LogP contribution is -2.33. The minimum Gasteiger partial charge on any atom is -0.189 e. The van der Waals surface area contributed by atoms with Crippen LogP contribution in [0, 0.1) is 0 Å². The molecule has 1 aliphatic carbocycles. The zero-order valence-corrected chi connectivity index (χ0v) is 19.0. The molecule has 4 rings (SSSR count). The predicted octanol–water partition coefficient (Wildman–Crippen LogP) is 6.59. The SMILES string of the molecule is C/C(=C/c1ccc2c(c1)C(C)(C)CCC2(C)C)c1ccc(-n2nnnc2C(F)(F)F)cc1. The van der Waals surface area contributed by atoms with E-state index in [4.69, 9.17) is 0 Å². The number of benzene rings is 2. The Bertz CT molecular complexity index is 1170. The van der Waals surface area contributed by atoms with Crippen molar-refractivity contribution in [3.63, 3.8) is 0 Å². The van der Waals surface area contributed by atoms with Crippen molar-refractivity contribution in [2.75, 3.05) is 0 Å². The highest BCUT2D eigenvalue weighted by molar-refractivity contribution is 5.80. The second-order valence-corrected chi connectivity index (χ2v) is 9.86. The van der Waals surface area contributed by atoms with E-state index in [9.17, 15) is 13.2 Å². The number of halogens is 3. The summed E-state index contributed by atoms with van der Waals surface area (Å²) >= 11 is 0. The van der Waals surface area contributed by atoms with E-state index in [1.54, 1.807) is 24.3 Å². The fraction of sp³-hybridized carbons (Fsp3) is 0.400. The lowest BCUT2D eigenvalue weighted by molar-refractivity contribution is -0.146. The van der Waals surface area contributed by atoms with E-state index in [-0.39, 0.29) is 16.5 Å². The van der Waals surface area contributed by atoms with Crippen LogP contribution in [0.2, 0.25) is 0 Å². The van der Waals surface area contributed by atoms with Gasteiger partial charge in [0, 0.05) is 0 Å². The van der Waals surface area contributed by atoms with Gasteiger partial charge in [-0.05, 0) is 81.0 Å². The monoisotopic (exact) mass is 440 g/mol. The first-order valence-electron chi connectivity index (χ1n) is 10.7. The van der Waals surface area contributed by atoms with Crippen LogP contribution in [0.4, 0.5) is 13.2 Å². The lowest BCUT2D eigenvalue weighted by Gasteiger charge is -2.42. The van der Waals surface area contributed by atoms with Crippen molar-refractivity contribution in [1.82, 2.24) is 20.2 Å². The van der Waals surface area contributed by atoms with Crippen LogP contribution in [-0.4, -0.2) is 20.2 Å². The Labute approximate surface area is 186 Å². The van der Waals surface area contributed by atoms with Gasteiger partial charge in [-0.3, -0.25) is 0 Å². The maximum atomic E-state index is 13.1. The molecule has 0 radical (unpaired) electrons. The fourth-order valence-electron chi connectivity index (χ4n) is 4.43. The van der Waals surface area contributed by atoms with E-state index in [1.807, 2.05) is 6.92 Å². The molecule has 0 bridgehead atoms. The molecule has 1 aliphatic rings. The van der Waals surface area contributed by atoms with Gasteiger partial charge in [-0.25, -0.2) is 0 Å². The summed E-state index contributed by atoms with van der Waals surface area (Å²) in [6.45, 7) is 11.2. The first-order chi connectivity index (χ1) is 14.9. The Morgan fingerprint density at radius 3 is 2.19 bits per heavy atom. The summed E-state index contributed by atoms with van der Waals surface area (Å²) in [7, 11) is 0. The molecule has 3 aromatic rings. The molecule has 168 valence electrons. The minimum atomic E-state index is -4.62. The number of hydrogen-bond acceptors (Lipinski definition) is 3. The highest BCUT2D eigenvalue weighted by Crippen LogP contribution is 2.46. The highest BCUT2D eigenvalue weighted by atomic mass is 19.4. The summed E-state index contributed by atoms with van der Waals surface area (Å²) in [6, 6.07) is 13.4. The van der Waals surface area contributed by atoms with Gasteiger partial charge in [0.2, 0.25) is 0 Å². The topological polar surface area (TPSA) is 43.6 Å². The zero-order chi connectivity index (χ0) is 23.3. The van der Waals surface area contributed by atoms with Gasteiger partial charge in [0.1, 0.15) is 0 Å². The van der Waals surface area contributed by atoms with E-state index in [0.717, 1.165) is 23.1 Å². The van der Waals surface area contributed by atoms with E-state index < -0.39 is 12.0 Å². The average Bonchev–Trinajstić information content (AvgIpc) is 3.22. The van der Waals surface area contributed by atoms with E-state index in [2.05, 4.69) is 67.5 Å². The van der Waals surface area contributed by atoms with Crippen LogP contribution in [-0.2, 0) is 17.0 Å². The van der Waals surface area contributed by atoms with Crippen molar-refractivity contribution in [2.45, 2.75) is 64.5 Å². The fourth-order valence-corrected chi connectivity index (χ4v) is 4.43. The highest BCUT2D eigenvalue weighted by Gasteiger charge is 2.38. The molecule has 0 unspecified atom stereocenters. The molecule has 0 saturated carbocycles. The van der Waals surface area contributed by atoms with Crippen LogP contribution in [0.15, 0.2) is 42.5 Å². The van der Waals surface area contributed by atoms with Crippen molar-refractivity contribution < 1.29 is 13.2 Å². The van der Waals surface area contributed by atoms with Gasteiger partial charge in [-0.1, -0.05) is 64.1 Å². The average molecular weight is 441 g/mol. The summed E-state index contributed by atoms with van der Waals surface area (Å²) in [5, 5.41) is 9.75. The second kappa shape index (κ2) is 7.57. The normalized spacial score (nSPS) is 17.8. The number of alkyl halides is 3. The Morgan fingerprint density at radius 1 is 0.938 bits per heavy atom. The molecule has 0 amide bonds. The largest absolute Gasteiger partial charge is 0.453 e. The van der Waals surface area contributed by atoms with Gasteiger partial charge in [0.25, 0.3) is 5.82 Å². The number of hydrogen-bond donors (Lipinski definition) is 0. The van der Waals surface area contributed by atoms with Crippen molar-refractivity contribution in [2.24, 2.45) is 0 Å². The molecule has 4 nitrogen and oxygen atoms in total. The standard InChI is InChI=1S/C25H27F3N4/c1-16(14-17-6-11-20-21(15-17)24(4,5)13-12-23(20,2)3)18-7-9-19(10-8-18)32-22(25(26,27)28)29-30-31-32/h6-11,14-15H,12-13H2,1-5H3/b16-14-. The Morgan fingerprint density at radius 2 is 1.56 bits per heavy atom. The first-order valence-corrected chi connectivity index (χ1v) is 10.7. The zero-order valence-electron chi connectivity index (χ0n) is 19.0. The van der Waals surface area contributed by atoms with Crippen LogP contribution in [0.5, 0.6) is 0 Å². The van der Waals surface area contributed by atoms with E-state index in [1.165, 1.54) is 17.5 Å². The third-order valence-corrected chi connectivity index (χ3v) is 6.55. The molecular formula is C25H27F3N4. The molecule has 1 heterocycles. The van der Waals surface area contributed by atoms with Crippen LogP contribution in [0.3, 0.4) is 0 Å². The predicted molar refractivity (Wildman–Crippen MR) is 119 cm³/mol. The number of allylic oxidation sites excluding steroid dienone is 1.